The van der Waals surface area contributed by atoms with Crippen LogP contribution in [-0.4, -0.2) is 27.0 Å². The highest BCUT2D eigenvalue weighted by atomic mass is 32.1. The van der Waals surface area contributed by atoms with Crippen molar-refractivity contribution >= 4 is 17.1 Å². The Balaban J connectivity index is 2.07. The van der Waals surface area contributed by atoms with E-state index in [4.69, 9.17) is 4.42 Å². The third kappa shape index (κ3) is 1.46. The van der Waals surface area contributed by atoms with Crippen LogP contribution in [-0.2, 0) is 6.42 Å². The van der Waals surface area contributed by atoms with Gasteiger partial charge in [-0.1, -0.05) is 0 Å². The minimum Gasteiger partial charge on any atom is -0.441 e. The Morgan fingerprint density at radius 1 is 1.50 bits per heavy atom. The average molecular weight is 236 g/mol. The van der Waals surface area contributed by atoms with Crippen molar-refractivity contribution in [1.82, 2.24) is 9.97 Å². The summed E-state index contributed by atoms with van der Waals surface area (Å²) in [6.45, 7) is 0. The molecule has 16 heavy (non-hydrogen) atoms. The summed E-state index contributed by atoms with van der Waals surface area (Å²) in [4.78, 5) is 20.5. The molecule has 1 unspecified atom stereocenters. The van der Waals surface area contributed by atoms with Gasteiger partial charge in [0.2, 0.25) is 0 Å². The van der Waals surface area contributed by atoms with E-state index < -0.39 is 6.10 Å². The van der Waals surface area contributed by atoms with E-state index in [2.05, 4.69) is 9.97 Å². The molecule has 0 spiro atoms. The van der Waals surface area contributed by atoms with Crippen molar-refractivity contribution in [1.29, 1.82) is 0 Å². The van der Waals surface area contributed by atoms with Gasteiger partial charge in [0.1, 0.15) is 5.69 Å². The second-order valence-corrected chi connectivity index (χ2v) is 4.73. The van der Waals surface area contributed by atoms with Crippen LogP contribution in [0.15, 0.2) is 17.0 Å². The lowest BCUT2D eigenvalue weighted by molar-refractivity contribution is 0.0850. The Labute approximate surface area is 94.8 Å². The summed E-state index contributed by atoms with van der Waals surface area (Å²) < 4.78 is 5.12. The first-order valence-corrected chi connectivity index (χ1v) is 5.65. The first-order valence-electron chi connectivity index (χ1n) is 4.84. The lowest BCUT2D eigenvalue weighted by atomic mass is 9.99. The summed E-state index contributed by atoms with van der Waals surface area (Å²) in [5, 5.41) is 10.1. The van der Waals surface area contributed by atoms with Gasteiger partial charge in [-0.3, -0.25) is 4.79 Å². The number of aliphatic hydroxyl groups excluding tert-OH is 1. The molecule has 0 bridgehead atoms. The highest BCUT2D eigenvalue weighted by molar-refractivity contribution is 7.15. The van der Waals surface area contributed by atoms with Crippen molar-refractivity contribution in [3.8, 4) is 10.8 Å². The van der Waals surface area contributed by atoms with Gasteiger partial charge < -0.3 is 9.52 Å². The SMILES string of the molecule is O=C1CC(O)Cc2sc(-c3cnco3)nc21. The topological polar surface area (TPSA) is 76.2 Å². The molecule has 0 radical (unpaired) electrons. The molecule has 0 amide bonds. The number of oxazole rings is 1. The van der Waals surface area contributed by atoms with Crippen molar-refractivity contribution in [3.05, 3.63) is 23.2 Å². The Kier molecular flexibility index (Phi) is 2.12. The molecule has 0 saturated heterocycles. The van der Waals surface area contributed by atoms with Gasteiger partial charge in [-0.05, 0) is 0 Å². The molecule has 2 heterocycles. The maximum Gasteiger partial charge on any atom is 0.184 e. The summed E-state index contributed by atoms with van der Waals surface area (Å²) >= 11 is 1.37. The fourth-order valence-electron chi connectivity index (χ4n) is 1.73. The van der Waals surface area contributed by atoms with E-state index in [-0.39, 0.29) is 12.2 Å². The number of hydrogen-bond donors (Lipinski definition) is 1. The normalized spacial score (nSPS) is 19.8. The number of carbonyl (C=O) groups excluding carboxylic acids is 1. The van der Waals surface area contributed by atoms with E-state index in [1.807, 2.05) is 0 Å². The number of rotatable bonds is 1. The number of fused-ring (bicyclic) bond motifs is 1. The Bertz CT molecular complexity index is 532. The van der Waals surface area contributed by atoms with E-state index >= 15 is 0 Å². The Hall–Kier alpha value is -1.53. The predicted molar refractivity (Wildman–Crippen MR) is 56.3 cm³/mol. The first kappa shape index (κ1) is 9.68. The quantitative estimate of drug-likeness (QED) is 0.807. The second-order valence-electron chi connectivity index (χ2n) is 3.64. The number of carbonyl (C=O) groups is 1. The van der Waals surface area contributed by atoms with Crippen LogP contribution in [0.2, 0.25) is 0 Å². The summed E-state index contributed by atoms with van der Waals surface area (Å²) in [5.74, 6) is 0.456. The molecular weight excluding hydrogens is 228 g/mol. The van der Waals surface area contributed by atoms with Crippen LogP contribution in [0.3, 0.4) is 0 Å². The molecule has 0 fully saturated rings. The summed E-state index contributed by atoms with van der Waals surface area (Å²) in [5.41, 5.74) is 0.474. The zero-order valence-corrected chi connectivity index (χ0v) is 9.03. The van der Waals surface area contributed by atoms with Crippen LogP contribution in [0, 0.1) is 0 Å². The van der Waals surface area contributed by atoms with E-state index in [0.29, 0.717) is 22.9 Å². The monoisotopic (exact) mass is 236 g/mol. The molecule has 1 N–H and O–H groups in total. The minimum atomic E-state index is -0.581. The van der Waals surface area contributed by atoms with Crippen LogP contribution in [0.5, 0.6) is 0 Å². The van der Waals surface area contributed by atoms with Crippen LogP contribution >= 0.6 is 11.3 Å². The van der Waals surface area contributed by atoms with Gasteiger partial charge in [0, 0.05) is 17.7 Å². The lowest BCUT2D eigenvalue weighted by Crippen LogP contribution is -2.22. The molecule has 1 atom stereocenters. The molecule has 0 saturated carbocycles. The molecule has 6 heteroatoms. The van der Waals surface area contributed by atoms with E-state index in [9.17, 15) is 9.90 Å². The molecule has 82 valence electrons. The smallest absolute Gasteiger partial charge is 0.184 e. The third-order valence-electron chi connectivity index (χ3n) is 2.45. The number of nitrogens with zero attached hydrogens (tertiary/aromatic N) is 2. The summed E-state index contributed by atoms with van der Waals surface area (Å²) in [6.07, 6.45) is 2.96. The van der Waals surface area contributed by atoms with E-state index in [1.54, 1.807) is 6.20 Å². The van der Waals surface area contributed by atoms with Gasteiger partial charge in [0.25, 0.3) is 0 Å². The number of thiazole rings is 1. The number of Topliss-reactive ketones (excluding diaryl/α,β-unsaturated/α-hetero) is 1. The third-order valence-corrected chi connectivity index (χ3v) is 3.54. The van der Waals surface area contributed by atoms with Gasteiger partial charge in [-0.2, -0.15) is 0 Å². The summed E-state index contributed by atoms with van der Waals surface area (Å²) in [7, 11) is 0. The first-order chi connectivity index (χ1) is 7.74. The molecule has 3 rings (SSSR count). The zero-order chi connectivity index (χ0) is 11.1. The second kappa shape index (κ2) is 3.50. The Morgan fingerprint density at radius 3 is 3.12 bits per heavy atom. The summed E-state index contributed by atoms with van der Waals surface area (Å²) in [6, 6.07) is 0. The maximum atomic E-state index is 11.6. The van der Waals surface area contributed by atoms with Crippen molar-refractivity contribution in [3.63, 3.8) is 0 Å². The molecule has 5 nitrogen and oxygen atoms in total. The average Bonchev–Trinajstić information content (AvgIpc) is 2.82. The molecule has 2 aromatic heterocycles. The number of ketones is 1. The molecule has 1 aliphatic carbocycles. The molecule has 0 aliphatic heterocycles. The van der Waals surface area contributed by atoms with Crippen LogP contribution < -0.4 is 0 Å². The Morgan fingerprint density at radius 2 is 2.38 bits per heavy atom. The van der Waals surface area contributed by atoms with Gasteiger partial charge in [-0.25, -0.2) is 9.97 Å². The van der Waals surface area contributed by atoms with Gasteiger partial charge in [0.05, 0.1) is 12.3 Å². The van der Waals surface area contributed by atoms with Gasteiger partial charge in [-0.15, -0.1) is 11.3 Å². The fourth-order valence-corrected chi connectivity index (χ4v) is 2.84. The van der Waals surface area contributed by atoms with Crippen LogP contribution in [0.25, 0.3) is 10.8 Å². The van der Waals surface area contributed by atoms with E-state index in [1.165, 1.54) is 17.7 Å². The van der Waals surface area contributed by atoms with E-state index in [0.717, 1.165) is 4.88 Å². The molecule has 1 aliphatic rings. The predicted octanol–water partition coefficient (Wildman–Crippen LogP) is 1.29. The van der Waals surface area contributed by atoms with Crippen LogP contribution in [0.4, 0.5) is 0 Å². The minimum absolute atomic E-state index is 0.101. The highest BCUT2D eigenvalue weighted by Gasteiger charge is 2.28. The lowest BCUT2D eigenvalue weighted by Gasteiger charge is -2.13. The van der Waals surface area contributed by atoms with Crippen molar-refractivity contribution < 1.29 is 14.3 Å². The van der Waals surface area contributed by atoms with Gasteiger partial charge >= 0.3 is 0 Å². The number of hydrogen-bond acceptors (Lipinski definition) is 6. The van der Waals surface area contributed by atoms with Crippen molar-refractivity contribution in [2.75, 3.05) is 0 Å². The number of aliphatic hydroxyl groups is 1. The van der Waals surface area contributed by atoms with Crippen molar-refractivity contribution in [2.45, 2.75) is 18.9 Å². The molecular formula is C10H8N2O3S. The highest BCUT2D eigenvalue weighted by Crippen LogP contribution is 2.32. The molecule has 0 aromatic carbocycles. The van der Waals surface area contributed by atoms with Crippen molar-refractivity contribution in [2.24, 2.45) is 0 Å². The van der Waals surface area contributed by atoms with Gasteiger partial charge in [0.15, 0.2) is 22.9 Å². The largest absolute Gasteiger partial charge is 0.441 e. The standard InChI is InChI=1S/C10H8N2O3S/c13-5-1-6(14)9-8(2-5)16-10(12-9)7-3-11-4-15-7/h3-5,13H,1-2H2. The fraction of sp³-hybridized carbons (Fsp3) is 0.300. The number of aromatic nitrogens is 2. The maximum absolute atomic E-state index is 11.6. The zero-order valence-electron chi connectivity index (χ0n) is 8.21. The molecule has 2 aromatic rings. The van der Waals surface area contributed by atoms with Crippen LogP contribution in [0.1, 0.15) is 21.8 Å².